The van der Waals surface area contributed by atoms with E-state index in [9.17, 15) is 4.79 Å². The van der Waals surface area contributed by atoms with Crippen LogP contribution >= 0.6 is 11.6 Å². The monoisotopic (exact) mass is 408 g/mol. The molecule has 29 heavy (non-hydrogen) atoms. The average molecular weight is 409 g/mol. The number of benzene rings is 2. The number of nitrogens with one attached hydrogen (secondary N) is 1. The van der Waals surface area contributed by atoms with E-state index in [0.717, 1.165) is 40.6 Å². The summed E-state index contributed by atoms with van der Waals surface area (Å²) in [6, 6.07) is 14.0. The van der Waals surface area contributed by atoms with Crippen molar-refractivity contribution in [2.75, 3.05) is 31.1 Å². The highest BCUT2D eigenvalue weighted by Crippen LogP contribution is 2.26. The van der Waals surface area contributed by atoms with Gasteiger partial charge in [0.25, 0.3) is 5.91 Å². The third-order valence-corrected chi connectivity index (χ3v) is 5.78. The lowest BCUT2D eigenvalue weighted by atomic mass is 10.0. The number of carbonyl (C=O) groups excluding carboxylic acids is 1. The van der Waals surface area contributed by atoms with Crippen molar-refractivity contribution in [1.29, 1.82) is 0 Å². The number of amides is 1. The molecule has 5 nitrogen and oxygen atoms in total. The normalized spacial score (nSPS) is 14.3. The summed E-state index contributed by atoms with van der Waals surface area (Å²) in [6.07, 6.45) is 0. The Hall–Kier alpha value is -2.79. The molecule has 150 valence electrons. The number of piperazine rings is 1. The summed E-state index contributed by atoms with van der Waals surface area (Å²) in [5.74, 6) is -0.00372. The van der Waals surface area contributed by atoms with Crippen molar-refractivity contribution in [2.24, 2.45) is 0 Å². The highest BCUT2D eigenvalue weighted by molar-refractivity contribution is 6.30. The molecule has 1 aliphatic rings. The maximum absolute atomic E-state index is 13.0. The molecule has 0 atom stereocenters. The van der Waals surface area contributed by atoms with Crippen LogP contribution < -0.4 is 4.90 Å². The summed E-state index contributed by atoms with van der Waals surface area (Å²) in [7, 11) is 0. The number of aryl methyl sites for hydroxylation is 3. The summed E-state index contributed by atoms with van der Waals surface area (Å²) in [5.41, 5.74) is 7.09. The fraction of sp³-hybridized carbons (Fsp3) is 0.304. The largest absolute Gasteiger partial charge is 0.368 e. The Morgan fingerprint density at radius 3 is 2.45 bits per heavy atom. The lowest BCUT2D eigenvalue weighted by Gasteiger charge is -2.36. The molecular formula is C23H25ClN4O. The van der Waals surface area contributed by atoms with Gasteiger partial charge >= 0.3 is 0 Å². The van der Waals surface area contributed by atoms with Crippen molar-refractivity contribution in [3.8, 4) is 11.3 Å². The fourth-order valence-corrected chi connectivity index (χ4v) is 4.08. The third kappa shape index (κ3) is 4.01. The highest BCUT2D eigenvalue weighted by atomic mass is 35.5. The molecule has 0 saturated carbocycles. The molecule has 2 heterocycles. The second-order valence-corrected chi connectivity index (χ2v) is 8.13. The molecule has 0 bridgehead atoms. The molecule has 1 amide bonds. The third-order valence-electron chi connectivity index (χ3n) is 5.54. The predicted molar refractivity (Wildman–Crippen MR) is 118 cm³/mol. The molecule has 3 aromatic rings. The van der Waals surface area contributed by atoms with Crippen molar-refractivity contribution in [3.63, 3.8) is 0 Å². The number of rotatable bonds is 3. The zero-order valence-corrected chi connectivity index (χ0v) is 17.8. The molecule has 0 radical (unpaired) electrons. The summed E-state index contributed by atoms with van der Waals surface area (Å²) < 4.78 is 0. The van der Waals surface area contributed by atoms with Crippen LogP contribution in [0.25, 0.3) is 11.3 Å². The first-order valence-corrected chi connectivity index (χ1v) is 10.2. The molecule has 0 aliphatic carbocycles. The van der Waals surface area contributed by atoms with Gasteiger partial charge in [-0.2, -0.15) is 5.10 Å². The molecule has 0 spiro atoms. The smallest absolute Gasteiger partial charge is 0.272 e. The van der Waals surface area contributed by atoms with Gasteiger partial charge in [-0.05, 0) is 50.1 Å². The Balaban J connectivity index is 1.45. The standard InChI is InChI=1S/C23H25ClN4O/c1-15-4-7-19(17(3)12-15)20-14-21(26-25-20)23(29)28-10-8-27(9-11-28)22-13-18(24)6-5-16(22)2/h4-7,12-14H,8-11H2,1-3H3,(H,25,26). The van der Waals surface area contributed by atoms with Crippen molar-refractivity contribution in [1.82, 2.24) is 15.1 Å². The van der Waals surface area contributed by atoms with Gasteiger partial charge in [-0.3, -0.25) is 9.89 Å². The van der Waals surface area contributed by atoms with Gasteiger partial charge in [0.2, 0.25) is 0 Å². The van der Waals surface area contributed by atoms with Gasteiger partial charge in [-0.15, -0.1) is 0 Å². The maximum Gasteiger partial charge on any atom is 0.272 e. The van der Waals surface area contributed by atoms with E-state index in [4.69, 9.17) is 11.6 Å². The first-order valence-electron chi connectivity index (χ1n) is 9.86. The number of nitrogens with zero attached hydrogens (tertiary/aromatic N) is 3. The van der Waals surface area contributed by atoms with Crippen LogP contribution in [0.2, 0.25) is 5.02 Å². The zero-order valence-electron chi connectivity index (χ0n) is 17.0. The summed E-state index contributed by atoms with van der Waals surface area (Å²) in [4.78, 5) is 17.1. The number of halogens is 1. The predicted octanol–water partition coefficient (Wildman–Crippen LogP) is 4.62. The molecule has 0 unspecified atom stereocenters. The van der Waals surface area contributed by atoms with Gasteiger partial charge in [0, 0.05) is 42.5 Å². The van der Waals surface area contributed by atoms with Crippen LogP contribution in [0.3, 0.4) is 0 Å². The molecule has 1 saturated heterocycles. The van der Waals surface area contributed by atoms with E-state index in [0.29, 0.717) is 18.8 Å². The van der Waals surface area contributed by atoms with Crippen molar-refractivity contribution >= 4 is 23.2 Å². The van der Waals surface area contributed by atoms with Crippen molar-refractivity contribution < 1.29 is 4.79 Å². The molecule has 1 N–H and O–H groups in total. The summed E-state index contributed by atoms with van der Waals surface area (Å²) >= 11 is 6.17. The second kappa shape index (κ2) is 7.91. The number of aromatic nitrogens is 2. The quantitative estimate of drug-likeness (QED) is 0.688. The zero-order chi connectivity index (χ0) is 20.5. The minimum absolute atomic E-state index is 0.00372. The highest BCUT2D eigenvalue weighted by Gasteiger charge is 2.24. The Labute approximate surface area is 176 Å². The van der Waals surface area contributed by atoms with E-state index < -0.39 is 0 Å². The van der Waals surface area contributed by atoms with Crippen LogP contribution in [0.1, 0.15) is 27.2 Å². The molecule has 6 heteroatoms. The summed E-state index contributed by atoms with van der Waals surface area (Å²) in [5, 5.41) is 8.05. The van der Waals surface area contributed by atoms with Crippen molar-refractivity contribution in [2.45, 2.75) is 20.8 Å². The molecule has 2 aromatic carbocycles. The van der Waals surface area contributed by atoms with Crippen LogP contribution in [0.4, 0.5) is 5.69 Å². The Morgan fingerprint density at radius 2 is 1.72 bits per heavy atom. The van der Waals surface area contributed by atoms with E-state index in [1.807, 2.05) is 29.2 Å². The molecular weight excluding hydrogens is 384 g/mol. The Bertz CT molecular complexity index is 1050. The van der Waals surface area contributed by atoms with Crippen LogP contribution in [-0.4, -0.2) is 47.2 Å². The van der Waals surface area contributed by atoms with Gasteiger partial charge in [-0.25, -0.2) is 0 Å². The summed E-state index contributed by atoms with van der Waals surface area (Å²) in [6.45, 7) is 9.13. The molecule has 4 rings (SSSR count). The van der Waals surface area contributed by atoms with Crippen molar-refractivity contribution in [3.05, 3.63) is 69.9 Å². The van der Waals surface area contributed by atoms with E-state index in [1.54, 1.807) is 0 Å². The van der Waals surface area contributed by atoms with Gasteiger partial charge in [0.1, 0.15) is 5.69 Å². The van der Waals surface area contributed by atoms with E-state index in [1.165, 1.54) is 11.1 Å². The van der Waals surface area contributed by atoms with Gasteiger partial charge < -0.3 is 9.80 Å². The van der Waals surface area contributed by atoms with E-state index in [-0.39, 0.29) is 5.91 Å². The SMILES string of the molecule is Cc1ccc(-c2cc(C(=O)N3CCN(c4cc(Cl)ccc4C)CC3)[nH]n2)c(C)c1. The number of aromatic amines is 1. The van der Waals surface area contributed by atoms with E-state index >= 15 is 0 Å². The first kappa shape index (κ1) is 19.5. The number of carbonyl (C=O) groups is 1. The average Bonchev–Trinajstić information content (AvgIpc) is 3.19. The van der Waals surface area contributed by atoms with Crippen LogP contribution in [0.15, 0.2) is 42.5 Å². The number of hydrogen-bond donors (Lipinski definition) is 1. The number of hydrogen-bond acceptors (Lipinski definition) is 3. The van der Waals surface area contributed by atoms with Gasteiger partial charge in [0.05, 0.1) is 5.69 Å². The van der Waals surface area contributed by atoms with Crippen LogP contribution in [0, 0.1) is 20.8 Å². The molecule has 1 aliphatic heterocycles. The fourth-order valence-electron chi connectivity index (χ4n) is 3.91. The topological polar surface area (TPSA) is 52.2 Å². The van der Waals surface area contributed by atoms with Gasteiger partial charge in [-0.1, -0.05) is 41.4 Å². The van der Waals surface area contributed by atoms with E-state index in [2.05, 4.69) is 54.1 Å². The van der Waals surface area contributed by atoms with Crippen LogP contribution in [0.5, 0.6) is 0 Å². The number of H-pyrrole nitrogens is 1. The lowest BCUT2D eigenvalue weighted by molar-refractivity contribution is 0.0741. The minimum Gasteiger partial charge on any atom is -0.368 e. The minimum atomic E-state index is -0.00372. The van der Waals surface area contributed by atoms with Crippen LogP contribution in [-0.2, 0) is 0 Å². The Kier molecular flexibility index (Phi) is 5.33. The first-order chi connectivity index (χ1) is 13.9. The molecule has 1 fully saturated rings. The lowest BCUT2D eigenvalue weighted by Crippen LogP contribution is -2.49. The Morgan fingerprint density at radius 1 is 0.966 bits per heavy atom. The number of anilines is 1. The maximum atomic E-state index is 13.0. The van der Waals surface area contributed by atoms with Gasteiger partial charge in [0.15, 0.2) is 0 Å². The molecule has 1 aromatic heterocycles. The second-order valence-electron chi connectivity index (χ2n) is 7.70.